The van der Waals surface area contributed by atoms with E-state index < -0.39 is 30.1 Å². The molecule has 2 aromatic carbocycles. The van der Waals surface area contributed by atoms with Crippen LogP contribution in [0.3, 0.4) is 0 Å². The lowest BCUT2D eigenvalue weighted by Crippen LogP contribution is -2.55. The quantitative estimate of drug-likeness (QED) is 0.388. The Balaban J connectivity index is 1.55. The third kappa shape index (κ3) is 4.53. The number of aliphatic hydroxyl groups excluding tert-OH is 3. The number of amides is 2. The van der Waals surface area contributed by atoms with Crippen molar-refractivity contribution in [2.45, 2.75) is 44.2 Å². The highest BCUT2D eigenvalue weighted by Crippen LogP contribution is 2.51. The summed E-state index contributed by atoms with van der Waals surface area (Å²) in [5, 5.41) is 33.3. The zero-order valence-corrected chi connectivity index (χ0v) is 21.0. The summed E-state index contributed by atoms with van der Waals surface area (Å²) in [5.74, 6) is 0.453. The van der Waals surface area contributed by atoms with Crippen LogP contribution in [-0.2, 0) is 22.7 Å². The Morgan fingerprint density at radius 1 is 1.13 bits per heavy atom. The summed E-state index contributed by atoms with van der Waals surface area (Å²) in [6, 6.07) is 7.80. The lowest BCUT2D eigenvalue weighted by Gasteiger charge is -2.40. The molecule has 202 valence electrons. The van der Waals surface area contributed by atoms with Gasteiger partial charge in [-0.1, -0.05) is 6.07 Å². The first-order valence-electron chi connectivity index (χ1n) is 12.3. The molecule has 0 radical (unpaired) electrons. The molecule has 2 aliphatic heterocycles. The lowest BCUT2D eigenvalue weighted by atomic mass is 9.77. The van der Waals surface area contributed by atoms with Crippen LogP contribution in [0.4, 0.5) is 0 Å². The van der Waals surface area contributed by atoms with E-state index >= 15 is 0 Å². The van der Waals surface area contributed by atoms with E-state index in [1.165, 1.54) is 18.9 Å². The Morgan fingerprint density at radius 2 is 1.92 bits per heavy atom. The van der Waals surface area contributed by atoms with Gasteiger partial charge in [0.1, 0.15) is 12.2 Å². The van der Waals surface area contributed by atoms with E-state index in [0.29, 0.717) is 34.1 Å². The molecule has 2 amide bonds. The molecule has 4 N–H and O–H groups in total. The van der Waals surface area contributed by atoms with Crippen LogP contribution in [0.1, 0.15) is 29.5 Å². The number of carbonyl (C=O) groups is 2. The van der Waals surface area contributed by atoms with Crippen molar-refractivity contribution in [3.8, 4) is 23.0 Å². The second-order valence-corrected chi connectivity index (χ2v) is 9.35. The SMILES string of the molecule is COc1cc(CO)cc2c1O[C@@H]1[C@@H](O)[C@H](N(Cc3ccc4c(c3)OCO4)C(C)=O)C=C(C(=O)NCCO)[C@H]21. The maximum atomic E-state index is 13.3. The van der Waals surface area contributed by atoms with E-state index in [2.05, 4.69) is 5.32 Å². The summed E-state index contributed by atoms with van der Waals surface area (Å²) in [4.78, 5) is 27.7. The first kappa shape index (κ1) is 25.8. The summed E-state index contributed by atoms with van der Waals surface area (Å²) in [7, 11) is 1.47. The molecule has 11 nitrogen and oxygen atoms in total. The Kier molecular flexibility index (Phi) is 7.15. The van der Waals surface area contributed by atoms with Crippen molar-refractivity contribution in [2.24, 2.45) is 0 Å². The van der Waals surface area contributed by atoms with Crippen LogP contribution in [0.2, 0.25) is 0 Å². The molecular weight excluding hydrogens is 496 g/mol. The minimum absolute atomic E-state index is 0.0299. The zero-order chi connectivity index (χ0) is 27.0. The van der Waals surface area contributed by atoms with E-state index in [4.69, 9.17) is 18.9 Å². The molecule has 0 unspecified atom stereocenters. The van der Waals surface area contributed by atoms with Crippen LogP contribution in [0, 0.1) is 0 Å². The number of nitrogens with zero attached hydrogens (tertiary/aromatic N) is 1. The molecule has 2 aromatic rings. The molecule has 0 spiro atoms. The molecule has 1 aliphatic carbocycles. The Hall–Kier alpha value is -3.80. The first-order valence-corrected chi connectivity index (χ1v) is 12.3. The van der Waals surface area contributed by atoms with Crippen LogP contribution in [0.15, 0.2) is 42.0 Å². The van der Waals surface area contributed by atoms with E-state index in [9.17, 15) is 24.9 Å². The van der Waals surface area contributed by atoms with Crippen molar-refractivity contribution in [3.63, 3.8) is 0 Å². The van der Waals surface area contributed by atoms with Crippen molar-refractivity contribution in [3.05, 3.63) is 58.7 Å². The number of hydrogen-bond donors (Lipinski definition) is 4. The standard InChI is InChI=1S/C27H30N2O9/c1-14(32)29(11-15-3-4-20-21(8-15)37-13-36-20)19-10-18(27(34)28-5-6-30)23-17-7-16(12-31)9-22(35-2)25(17)38-26(23)24(19)33/h3-4,7-10,19,23-24,26,30-31,33H,5-6,11-13H2,1-2H3,(H,28,34)/t19-,23+,24+,26+/m1/s1. The Morgan fingerprint density at radius 3 is 2.63 bits per heavy atom. The fraction of sp³-hybridized carbons (Fsp3) is 0.407. The van der Waals surface area contributed by atoms with Crippen LogP contribution < -0.4 is 24.3 Å². The first-order chi connectivity index (χ1) is 18.4. The summed E-state index contributed by atoms with van der Waals surface area (Å²) in [6.07, 6.45) is -0.512. The smallest absolute Gasteiger partial charge is 0.247 e. The lowest BCUT2D eigenvalue weighted by molar-refractivity contribution is -0.135. The van der Waals surface area contributed by atoms with E-state index in [0.717, 1.165) is 5.56 Å². The van der Waals surface area contributed by atoms with Gasteiger partial charge in [-0.15, -0.1) is 0 Å². The molecule has 0 aromatic heterocycles. The fourth-order valence-electron chi connectivity index (χ4n) is 5.28. The van der Waals surface area contributed by atoms with Crippen molar-refractivity contribution in [1.29, 1.82) is 0 Å². The number of benzene rings is 2. The van der Waals surface area contributed by atoms with Crippen molar-refractivity contribution >= 4 is 11.8 Å². The van der Waals surface area contributed by atoms with Gasteiger partial charge >= 0.3 is 0 Å². The van der Waals surface area contributed by atoms with Gasteiger partial charge in [0.2, 0.25) is 18.6 Å². The number of aliphatic hydroxyl groups is 3. The summed E-state index contributed by atoms with van der Waals surface area (Å²) in [6.45, 7) is 1.17. The summed E-state index contributed by atoms with van der Waals surface area (Å²) in [5.41, 5.74) is 2.19. The number of carbonyl (C=O) groups excluding carboxylic acids is 2. The Bertz CT molecular complexity index is 1280. The molecule has 0 fully saturated rings. The van der Waals surface area contributed by atoms with Gasteiger partial charge in [-0.05, 0) is 41.5 Å². The molecule has 0 saturated heterocycles. The van der Waals surface area contributed by atoms with Gasteiger partial charge in [0.25, 0.3) is 0 Å². The van der Waals surface area contributed by atoms with Gasteiger partial charge < -0.3 is 44.5 Å². The average molecular weight is 527 g/mol. The van der Waals surface area contributed by atoms with E-state index in [1.807, 2.05) is 6.07 Å². The fourth-order valence-corrected chi connectivity index (χ4v) is 5.28. The largest absolute Gasteiger partial charge is 0.493 e. The van der Waals surface area contributed by atoms with E-state index in [-0.39, 0.29) is 44.6 Å². The predicted molar refractivity (Wildman–Crippen MR) is 133 cm³/mol. The number of ether oxygens (including phenoxy) is 4. The predicted octanol–water partition coefficient (Wildman–Crippen LogP) is 0.587. The topological polar surface area (TPSA) is 147 Å². The highest BCUT2D eigenvalue weighted by Gasteiger charge is 2.51. The summed E-state index contributed by atoms with van der Waals surface area (Å²) >= 11 is 0. The van der Waals surface area contributed by atoms with Crippen LogP contribution in [0.25, 0.3) is 0 Å². The maximum absolute atomic E-state index is 13.3. The minimum Gasteiger partial charge on any atom is -0.493 e. The van der Waals surface area contributed by atoms with E-state index in [1.54, 1.807) is 30.3 Å². The second-order valence-electron chi connectivity index (χ2n) is 9.35. The van der Waals surface area contributed by atoms with Gasteiger partial charge in [0, 0.05) is 31.1 Å². The van der Waals surface area contributed by atoms with Gasteiger partial charge in [-0.25, -0.2) is 0 Å². The third-order valence-electron chi connectivity index (χ3n) is 7.05. The van der Waals surface area contributed by atoms with Crippen molar-refractivity contribution in [1.82, 2.24) is 10.2 Å². The summed E-state index contributed by atoms with van der Waals surface area (Å²) < 4.78 is 22.5. The number of nitrogens with one attached hydrogen (secondary N) is 1. The van der Waals surface area contributed by atoms with Gasteiger partial charge in [0.15, 0.2) is 23.0 Å². The zero-order valence-electron chi connectivity index (χ0n) is 21.0. The second kappa shape index (κ2) is 10.5. The average Bonchev–Trinajstić information content (AvgIpc) is 3.55. The van der Waals surface area contributed by atoms with Gasteiger partial charge in [-0.2, -0.15) is 0 Å². The third-order valence-corrected chi connectivity index (χ3v) is 7.05. The van der Waals surface area contributed by atoms with Crippen LogP contribution in [0.5, 0.6) is 23.0 Å². The monoisotopic (exact) mass is 526 g/mol. The Labute approximate surface area is 219 Å². The molecule has 0 bridgehead atoms. The molecule has 5 rings (SSSR count). The van der Waals surface area contributed by atoms with Crippen LogP contribution >= 0.6 is 0 Å². The molecule has 38 heavy (non-hydrogen) atoms. The highest BCUT2D eigenvalue weighted by atomic mass is 16.7. The number of fused-ring (bicyclic) bond motifs is 4. The molecule has 11 heteroatoms. The number of hydrogen-bond acceptors (Lipinski definition) is 9. The van der Waals surface area contributed by atoms with Gasteiger partial charge in [0.05, 0.1) is 32.3 Å². The molecule has 2 heterocycles. The number of methoxy groups -OCH3 is 1. The van der Waals surface area contributed by atoms with Crippen LogP contribution in [-0.4, -0.2) is 77.3 Å². The highest BCUT2D eigenvalue weighted by molar-refractivity contribution is 5.96. The molecular formula is C27H30N2O9. The van der Waals surface area contributed by atoms with Gasteiger partial charge in [-0.3, -0.25) is 9.59 Å². The molecule has 0 saturated carbocycles. The molecule has 4 atom stereocenters. The van der Waals surface area contributed by atoms with Crippen molar-refractivity contribution in [2.75, 3.05) is 27.1 Å². The normalized spacial score (nSPS) is 22.6. The van der Waals surface area contributed by atoms with Crippen molar-refractivity contribution < 1.29 is 43.9 Å². The molecule has 3 aliphatic rings. The minimum atomic E-state index is -1.19. The maximum Gasteiger partial charge on any atom is 0.247 e. The number of rotatable bonds is 8.